The van der Waals surface area contributed by atoms with Crippen molar-refractivity contribution in [2.24, 2.45) is 11.7 Å². The number of hydrogen-bond donors (Lipinski definition) is 2. The van der Waals surface area contributed by atoms with Gasteiger partial charge in [-0.05, 0) is 37.0 Å². The fraction of sp³-hybridized carbons (Fsp3) is 0.562. The minimum Gasteiger partial charge on any atom is -0.328 e. The van der Waals surface area contributed by atoms with Gasteiger partial charge in [-0.2, -0.15) is 0 Å². The fourth-order valence-corrected chi connectivity index (χ4v) is 3.25. The lowest BCUT2D eigenvalue weighted by molar-refractivity contribution is 0.0910. The van der Waals surface area contributed by atoms with Crippen LogP contribution in [0, 0.1) is 11.7 Å². The van der Waals surface area contributed by atoms with E-state index in [4.69, 9.17) is 5.73 Å². The van der Waals surface area contributed by atoms with E-state index >= 15 is 0 Å². The number of carbonyl (C=O) groups is 1. The van der Waals surface area contributed by atoms with E-state index in [2.05, 4.69) is 12.2 Å². The number of carbonyl (C=O) groups excluding carboxylic acids is 1. The second kappa shape index (κ2) is 6.43. The van der Waals surface area contributed by atoms with Gasteiger partial charge < -0.3 is 16.0 Å². The van der Waals surface area contributed by atoms with Crippen molar-refractivity contribution in [3.05, 3.63) is 30.1 Å². The van der Waals surface area contributed by atoms with Gasteiger partial charge in [-0.15, -0.1) is 0 Å². The Labute approximate surface area is 125 Å². The summed E-state index contributed by atoms with van der Waals surface area (Å²) in [5.74, 6) is 0.196. The summed E-state index contributed by atoms with van der Waals surface area (Å²) in [5.41, 5.74) is 6.14. The van der Waals surface area contributed by atoms with Gasteiger partial charge in [0.1, 0.15) is 5.82 Å². The third-order valence-electron chi connectivity index (χ3n) is 4.54. The molecule has 116 valence electrons. The molecule has 0 heterocycles. The van der Waals surface area contributed by atoms with Crippen LogP contribution < -0.4 is 11.1 Å². The van der Waals surface area contributed by atoms with Crippen molar-refractivity contribution in [3.63, 3.8) is 0 Å². The Morgan fingerprint density at radius 2 is 2.33 bits per heavy atom. The number of nitrogens with zero attached hydrogens (tertiary/aromatic N) is 1. The molecule has 1 aromatic carbocycles. The highest BCUT2D eigenvalue weighted by Gasteiger charge is 2.39. The molecule has 2 amide bonds. The molecule has 0 spiro atoms. The first-order valence-corrected chi connectivity index (χ1v) is 7.47. The molecule has 1 aromatic rings. The van der Waals surface area contributed by atoms with E-state index in [9.17, 15) is 9.18 Å². The quantitative estimate of drug-likeness (QED) is 0.899. The van der Waals surface area contributed by atoms with Gasteiger partial charge in [0.25, 0.3) is 0 Å². The third kappa shape index (κ3) is 3.53. The largest absolute Gasteiger partial charge is 0.328 e. The van der Waals surface area contributed by atoms with Crippen LogP contribution in [-0.2, 0) is 0 Å². The number of likely N-dealkylation sites (N-methyl/N-ethyl adjacent to an activating group) is 1. The molecular formula is C16H24FN3O. The van der Waals surface area contributed by atoms with Gasteiger partial charge in [0.2, 0.25) is 0 Å². The molecule has 21 heavy (non-hydrogen) atoms. The Hall–Kier alpha value is -1.62. The van der Waals surface area contributed by atoms with E-state index in [0.717, 1.165) is 19.3 Å². The van der Waals surface area contributed by atoms with Gasteiger partial charge in [0.15, 0.2) is 0 Å². The van der Waals surface area contributed by atoms with E-state index in [0.29, 0.717) is 18.2 Å². The SMILES string of the molecule is CC1CCCC(CN)(N(C)C(=O)Nc2cccc(F)c2)C1. The van der Waals surface area contributed by atoms with Crippen LogP contribution in [0.4, 0.5) is 14.9 Å². The molecule has 0 aliphatic heterocycles. The molecule has 3 N–H and O–H groups in total. The van der Waals surface area contributed by atoms with Crippen LogP contribution in [0.25, 0.3) is 0 Å². The van der Waals surface area contributed by atoms with Crippen molar-refractivity contribution in [3.8, 4) is 0 Å². The number of rotatable bonds is 3. The van der Waals surface area contributed by atoms with Gasteiger partial charge in [-0.3, -0.25) is 0 Å². The molecule has 0 saturated heterocycles. The van der Waals surface area contributed by atoms with Crippen LogP contribution in [0.1, 0.15) is 32.6 Å². The Morgan fingerprint density at radius 1 is 1.57 bits per heavy atom. The molecule has 1 fully saturated rings. The molecule has 1 aliphatic carbocycles. The molecule has 0 aromatic heterocycles. The summed E-state index contributed by atoms with van der Waals surface area (Å²) in [6.07, 6.45) is 4.09. The van der Waals surface area contributed by atoms with Crippen LogP contribution in [0.5, 0.6) is 0 Å². The first-order chi connectivity index (χ1) is 9.97. The zero-order chi connectivity index (χ0) is 15.5. The van der Waals surface area contributed by atoms with Crippen molar-refractivity contribution < 1.29 is 9.18 Å². The lowest BCUT2D eigenvalue weighted by Crippen LogP contribution is -2.57. The molecule has 4 nitrogen and oxygen atoms in total. The van der Waals surface area contributed by atoms with Crippen molar-refractivity contribution >= 4 is 11.7 Å². The Kier molecular flexibility index (Phi) is 4.83. The maximum absolute atomic E-state index is 13.2. The van der Waals surface area contributed by atoms with Crippen LogP contribution in [0.15, 0.2) is 24.3 Å². The van der Waals surface area contributed by atoms with Crippen molar-refractivity contribution in [2.75, 3.05) is 18.9 Å². The molecule has 0 bridgehead atoms. The first kappa shape index (κ1) is 15.8. The monoisotopic (exact) mass is 293 g/mol. The number of amides is 2. The number of nitrogens with two attached hydrogens (primary N) is 1. The number of benzene rings is 1. The van der Waals surface area contributed by atoms with Gasteiger partial charge in [0.05, 0.1) is 5.54 Å². The summed E-state index contributed by atoms with van der Waals surface area (Å²) in [7, 11) is 1.78. The molecule has 0 radical (unpaired) electrons. The standard InChI is InChI=1S/C16H24FN3O/c1-12-5-4-8-16(10-12,11-18)20(2)15(21)19-14-7-3-6-13(17)9-14/h3,6-7,9,12H,4-5,8,10-11,18H2,1-2H3,(H,19,21). The number of anilines is 1. The van der Waals surface area contributed by atoms with Gasteiger partial charge in [-0.25, -0.2) is 9.18 Å². The predicted octanol–water partition coefficient (Wildman–Crippen LogP) is 3.20. The van der Waals surface area contributed by atoms with Crippen molar-refractivity contribution in [1.82, 2.24) is 4.90 Å². The first-order valence-electron chi connectivity index (χ1n) is 7.47. The summed E-state index contributed by atoms with van der Waals surface area (Å²) in [6, 6.07) is 5.67. The summed E-state index contributed by atoms with van der Waals surface area (Å²) < 4.78 is 13.2. The third-order valence-corrected chi connectivity index (χ3v) is 4.54. The number of urea groups is 1. The molecular weight excluding hydrogens is 269 g/mol. The number of halogens is 1. The van der Waals surface area contributed by atoms with E-state index in [1.165, 1.54) is 18.6 Å². The minimum atomic E-state index is -0.365. The normalized spacial score (nSPS) is 25.4. The van der Waals surface area contributed by atoms with Gasteiger partial charge in [0, 0.05) is 19.3 Å². The molecule has 2 unspecified atom stereocenters. The van der Waals surface area contributed by atoms with E-state index in [-0.39, 0.29) is 17.4 Å². The molecule has 2 rings (SSSR count). The maximum atomic E-state index is 13.2. The van der Waals surface area contributed by atoms with Crippen molar-refractivity contribution in [1.29, 1.82) is 0 Å². The summed E-state index contributed by atoms with van der Waals surface area (Å²) >= 11 is 0. The van der Waals surface area contributed by atoms with Gasteiger partial charge in [-0.1, -0.05) is 25.8 Å². The lowest BCUT2D eigenvalue weighted by atomic mass is 9.75. The average molecular weight is 293 g/mol. The number of hydrogen-bond acceptors (Lipinski definition) is 2. The Balaban J connectivity index is 2.10. The minimum absolute atomic E-state index is 0.236. The van der Waals surface area contributed by atoms with E-state index in [1.807, 2.05) is 0 Å². The average Bonchev–Trinajstić information content (AvgIpc) is 2.46. The molecule has 1 saturated carbocycles. The van der Waals surface area contributed by atoms with Gasteiger partial charge >= 0.3 is 6.03 Å². The van der Waals surface area contributed by atoms with Crippen LogP contribution in [-0.4, -0.2) is 30.1 Å². The van der Waals surface area contributed by atoms with E-state index < -0.39 is 0 Å². The smallest absolute Gasteiger partial charge is 0.322 e. The number of nitrogens with one attached hydrogen (secondary N) is 1. The summed E-state index contributed by atoms with van der Waals surface area (Å²) in [6.45, 7) is 2.65. The zero-order valence-electron chi connectivity index (χ0n) is 12.7. The summed E-state index contributed by atoms with van der Waals surface area (Å²) in [5, 5.41) is 2.75. The molecule has 2 atom stereocenters. The molecule has 1 aliphatic rings. The maximum Gasteiger partial charge on any atom is 0.322 e. The fourth-order valence-electron chi connectivity index (χ4n) is 3.25. The van der Waals surface area contributed by atoms with Crippen LogP contribution in [0.2, 0.25) is 0 Å². The van der Waals surface area contributed by atoms with Crippen LogP contribution >= 0.6 is 0 Å². The Bertz CT molecular complexity index is 508. The van der Waals surface area contributed by atoms with Crippen LogP contribution in [0.3, 0.4) is 0 Å². The second-order valence-corrected chi connectivity index (χ2v) is 6.13. The van der Waals surface area contributed by atoms with Crippen molar-refractivity contribution in [2.45, 2.75) is 38.1 Å². The van der Waals surface area contributed by atoms with E-state index in [1.54, 1.807) is 24.1 Å². The highest BCUT2D eigenvalue weighted by Crippen LogP contribution is 2.35. The highest BCUT2D eigenvalue weighted by atomic mass is 19.1. The zero-order valence-corrected chi connectivity index (χ0v) is 12.7. The molecule has 5 heteroatoms. The summed E-state index contributed by atoms with van der Waals surface area (Å²) in [4.78, 5) is 14.1. The highest BCUT2D eigenvalue weighted by molar-refractivity contribution is 5.89. The topological polar surface area (TPSA) is 58.4 Å². The second-order valence-electron chi connectivity index (χ2n) is 6.13. The lowest BCUT2D eigenvalue weighted by Gasteiger charge is -2.45. The Morgan fingerprint density at radius 3 is 2.95 bits per heavy atom. The predicted molar refractivity (Wildman–Crippen MR) is 82.6 cm³/mol.